The maximum atomic E-state index is 12.4. The number of rotatable bonds is 5. The van der Waals surface area contributed by atoms with Crippen LogP contribution in [0.5, 0.6) is 11.5 Å². The lowest BCUT2D eigenvalue weighted by molar-refractivity contribution is -0.149. The Balaban J connectivity index is 1.55. The number of amides is 1. The topological polar surface area (TPSA) is 94.1 Å². The van der Waals surface area contributed by atoms with Gasteiger partial charge < -0.3 is 24.6 Å². The number of hydrogen-bond donors (Lipinski definition) is 2. The number of fused-ring (bicyclic) bond motifs is 1. The molecule has 2 heterocycles. The second-order valence-electron chi connectivity index (χ2n) is 7.03. The molecule has 4 rings (SSSR count). The van der Waals surface area contributed by atoms with E-state index in [2.05, 4.69) is 5.32 Å². The fourth-order valence-corrected chi connectivity index (χ4v) is 3.64. The van der Waals surface area contributed by atoms with E-state index in [9.17, 15) is 14.7 Å². The minimum Gasteiger partial charge on any atom is -0.480 e. The summed E-state index contributed by atoms with van der Waals surface area (Å²) in [5.41, 5.74) is -0.453. The predicted molar refractivity (Wildman–Crippen MR) is 86.6 cm³/mol. The van der Waals surface area contributed by atoms with Crippen molar-refractivity contribution >= 4 is 11.9 Å². The van der Waals surface area contributed by atoms with Gasteiger partial charge in [0.2, 0.25) is 12.7 Å². The van der Waals surface area contributed by atoms with Crippen molar-refractivity contribution in [2.24, 2.45) is 5.41 Å². The van der Waals surface area contributed by atoms with Gasteiger partial charge in [-0.1, -0.05) is 6.07 Å². The van der Waals surface area contributed by atoms with E-state index >= 15 is 0 Å². The van der Waals surface area contributed by atoms with Crippen LogP contribution in [-0.4, -0.2) is 43.5 Å². The van der Waals surface area contributed by atoms with Gasteiger partial charge in [0.1, 0.15) is 5.41 Å². The summed E-state index contributed by atoms with van der Waals surface area (Å²) in [6, 6.07) is 5.84. The van der Waals surface area contributed by atoms with E-state index < -0.39 is 11.4 Å². The number of hydrogen-bond acceptors (Lipinski definition) is 5. The number of carbonyl (C=O) groups excluding carboxylic acids is 1. The maximum absolute atomic E-state index is 12.4. The Bertz CT molecular complexity index is 706. The average Bonchev–Trinajstić information content (AvgIpc) is 3.32. The molecule has 3 aliphatic rings. The number of nitrogens with one attached hydrogen (secondary N) is 1. The molecule has 1 aliphatic carbocycles. The summed E-state index contributed by atoms with van der Waals surface area (Å²) in [6.45, 7) is 1.82. The summed E-state index contributed by atoms with van der Waals surface area (Å²) in [5, 5.41) is 12.2. The van der Waals surface area contributed by atoms with Gasteiger partial charge in [0.25, 0.3) is 0 Å². The van der Waals surface area contributed by atoms with E-state index in [0.29, 0.717) is 38.3 Å². The molecule has 0 spiro atoms. The molecular weight excluding hydrogens is 326 g/mol. The lowest BCUT2D eigenvalue weighted by atomic mass is 9.74. The Hall–Kier alpha value is -2.28. The first-order chi connectivity index (χ1) is 12.1. The second kappa shape index (κ2) is 5.91. The van der Waals surface area contributed by atoms with E-state index in [4.69, 9.17) is 14.2 Å². The Morgan fingerprint density at radius 1 is 1.08 bits per heavy atom. The molecule has 0 unspecified atom stereocenters. The van der Waals surface area contributed by atoms with Crippen molar-refractivity contribution in [3.8, 4) is 11.5 Å². The molecule has 0 bridgehead atoms. The van der Waals surface area contributed by atoms with Crippen LogP contribution in [0.1, 0.15) is 31.2 Å². The Morgan fingerprint density at radius 3 is 2.48 bits per heavy atom. The highest BCUT2D eigenvalue weighted by molar-refractivity contribution is 6.04. The molecule has 134 valence electrons. The zero-order chi connectivity index (χ0) is 17.5. The molecule has 2 aliphatic heterocycles. The van der Waals surface area contributed by atoms with Gasteiger partial charge in [-0.3, -0.25) is 9.59 Å². The van der Waals surface area contributed by atoms with Gasteiger partial charge in [-0.2, -0.15) is 0 Å². The standard InChI is InChI=1S/C18H21NO6/c20-15(18(3-4-18)16(21)22)19-10-17(5-7-23-8-6-17)12-1-2-13-14(9-12)25-11-24-13/h1-2,9H,3-8,10-11H2,(H,19,20)(H,21,22). The quantitative estimate of drug-likeness (QED) is 0.783. The smallest absolute Gasteiger partial charge is 0.319 e. The number of ether oxygens (including phenoxy) is 3. The number of aliphatic carboxylic acids is 1. The fraction of sp³-hybridized carbons (Fsp3) is 0.556. The number of carboxylic acids is 1. The third kappa shape index (κ3) is 2.72. The van der Waals surface area contributed by atoms with Crippen molar-refractivity contribution in [2.45, 2.75) is 31.1 Å². The molecule has 1 amide bonds. The molecule has 1 saturated carbocycles. The minimum absolute atomic E-state index is 0.215. The first kappa shape index (κ1) is 16.2. The summed E-state index contributed by atoms with van der Waals surface area (Å²) >= 11 is 0. The van der Waals surface area contributed by atoms with Crippen molar-refractivity contribution < 1.29 is 28.9 Å². The Labute approximate surface area is 145 Å². The Kier molecular flexibility index (Phi) is 3.83. The lowest BCUT2D eigenvalue weighted by Gasteiger charge is -2.38. The van der Waals surface area contributed by atoms with E-state index in [1.807, 2.05) is 18.2 Å². The molecule has 0 radical (unpaired) electrons. The highest BCUT2D eigenvalue weighted by Gasteiger charge is 2.57. The van der Waals surface area contributed by atoms with Gasteiger partial charge in [0, 0.05) is 25.2 Å². The minimum atomic E-state index is -1.22. The van der Waals surface area contributed by atoms with E-state index in [0.717, 1.165) is 24.2 Å². The fourth-order valence-electron chi connectivity index (χ4n) is 3.64. The second-order valence-corrected chi connectivity index (χ2v) is 7.03. The van der Waals surface area contributed by atoms with Crippen molar-refractivity contribution in [3.05, 3.63) is 23.8 Å². The monoisotopic (exact) mass is 347 g/mol. The van der Waals surface area contributed by atoms with Crippen molar-refractivity contribution in [1.82, 2.24) is 5.32 Å². The van der Waals surface area contributed by atoms with E-state index in [1.165, 1.54) is 0 Å². The first-order valence-electron chi connectivity index (χ1n) is 8.55. The number of carboxylic acid groups (broad SMARTS) is 1. The molecule has 7 nitrogen and oxygen atoms in total. The third-order valence-electron chi connectivity index (χ3n) is 5.62. The van der Waals surface area contributed by atoms with Crippen LogP contribution in [0, 0.1) is 5.41 Å². The SMILES string of the molecule is O=C(O)C1(C(=O)NCC2(c3ccc4c(c3)OCO4)CCOCC2)CC1. The summed E-state index contributed by atoms with van der Waals surface area (Å²) in [6.07, 6.45) is 2.34. The first-order valence-corrected chi connectivity index (χ1v) is 8.55. The van der Waals surface area contributed by atoms with Crippen LogP contribution < -0.4 is 14.8 Å². The molecule has 1 aromatic rings. The van der Waals surface area contributed by atoms with Crippen LogP contribution in [-0.2, 0) is 19.7 Å². The highest BCUT2D eigenvalue weighted by Crippen LogP contribution is 2.46. The van der Waals surface area contributed by atoms with Crippen LogP contribution in [0.3, 0.4) is 0 Å². The molecule has 2 fully saturated rings. The average molecular weight is 347 g/mol. The maximum Gasteiger partial charge on any atom is 0.319 e. The summed E-state index contributed by atoms with van der Waals surface area (Å²) in [5.74, 6) is 0.0115. The van der Waals surface area contributed by atoms with Gasteiger partial charge in [-0.25, -0.2) is 0 Å². The van der Waals surface area contributed by atoms with Crippen LogP contribution in [0.25, 0.3) is 0 Å². The van der Waals surface area contributed by atoms with Crippen LogP contribution in [0.4, 0.5) is 0 Å². The van der Waals surface area contributed by atoms with Crippen LogP contribution >= 0.6 is 0 Å². The predicted octanol–water partition coefficient (Wildman–Crippen LogP) is 1.44. The van der Waals surface area contributed by atoms with E-state index in [1.54, 1.807) is 0 Å². The molecule has 2 N–H and O–H groups in total. The van der Waals surface area contributed by atoms with Gasteiger partial charge >= 0.3 is 5.97 Å². The normalized spacial score (nSPS) is 22.2. The van der Waals surface area contributed by atoms with Crippen LogP contribution in [0.15, 0.2) is 18.2 Å². The van der Waals surface area contributed by atoms with Crippen molar-refractivity contribution in [2.75, 3.05) is 26.6 Å². The largest absolute Gasteiger partial charge is 0.480 e. The van der Waals surface area contributed by atoms with Crippen molar-refractivity contribution in [1.29, 1.82) is 0 Å². The van der Waals surface area contributed by atoms with Crippen molar-refractivity contribution in [3.63, 3.8) is 0 Å². The summed E-state index contributed by atoms with van der Waals surface area (Å²) in [4.78, 5) is 23.7. The molecule has 1 saturated heterocycles. The number of carbonyl (C=O) groups is 2. The van der Waals surface area contributed by atoms with Gasteiger partial charge in [-0.15, -0.1) is 0 Å². The van der Waals surface area contributed by atoms with Crippen LogP contribution in [0.2, 0.25) is 0 Å². The number of benzene rings is 1. The summed E-state index contributed by atoms with van der Waals surface area (Å²) < 4.78 is 16.3. The van der Waals surface area contributed by atoms with Gasteiger partial charge in [0.15, 0.2) is 11.5 Å². The zero-order valence-corrected chi connectivity index (χ0v) is 13.9. The van der Waals surface area contributed by atoms with Gasteiger partial charge in [-0.05, 0) is 43.4 Å². The Morgan fingerprint density at radius 2 is 1.80 bits per heavy atom. The molecular formula is C18H21NO6. The molecule has 7 heteroatoms. The van der Waals surface area contributed by atoms with E-state index in [-0.39, 0.29) is 18.1 Å². The molecule has 25 heavy (non-hydrogen) atoms. The summed E-state index contributed by atoms with van der Waals surface area (Å²) in [7, 11) is 0. The van der Waals surface area contributed by atoms with Gasteiger partial charge in [0.05, 0.1) is 0 Å². The molecule has 1 aromatic carbocycles. The highest BCUT2D eigenvalue weighted by atomic mass is 16.7. The lowest BCUT2D eigenvalue weighted by Crippen LogP contribution is -2.47. The zero-order valence-electron chi connectivity index (χ0n) is 13.9. The third-order valence-corrected chi connectivity index (χ3v) is 5.62. The molecule has 0 atom stereocenters. The molecule has 0 aromatic heterocycles.